The van der Waals surface area contributed by atoms with E-state index < -0.39 is 0 Å². The first-order valence-electron chi connectivity index (χ1n) is 6.00. The van der Waals surface area contributed by atoms with E-state index in [4.69, 9.17) is 0 Å². The van der Waals surface area contributed by atoms with Crippen LogP contribution >= 0.6 is 0 Å². The van der Waals surface area contributed by atoms with E-state index in [0.29, 0.717) is 0 Å². The second kappa shape index (κ2) is 5.38. The summed E-state index contributed by atoms with van der Waals surface area (Å²) in [7, 11) is 0. The van der Waals surface area contributed by atoms with E-state index in [1.54, 1.807) is 0 Å². The molecule has 4 unspecified atom stereocenters. The first-order valence-corrected chi connectivity index (χ1v) is 6.00. The second-order valence-electron chi connectivity index (χ2n) is 4.58. The van der Waals surface area contributed by atoms with Gasteiger partial charge in [-0.2, -0.15) is 0 Å². The van der Waals surface area contributed by atoms with Crippen LogP contribution in [0.5, 0.6) is 0 Å². The minimum Gasteiger partial charge on any atom is -0.0914 e. The first-order chi connectivity index (χ1) is 6.74. The van der Waals surface area contributed by atoms with Crippen LogP contribution in [0.1, 0.15) is 40.5 Å². The van der Waals surface area contributed by atoms with Gasteiger partial charge in [-0.25, -0.2) is 0 Å². The Morgan fingerprint density at radius 2 is 1.79 bits per heavy atom. The third kappa shape index (κ3) is 2.29. The van der Waals surface area contributed by atoms with Crippen molar-refractivity contribution in [1.82, 2.24) is 0 Å². The van der Waals surface area contributed by atoms with Crippen LogP contribution in [-0.4, -0.2) is 0 Å². The lowest BCUT2D eigenvalue weighted by molar-refractivity contribution is 0.350. The van der Waals surface area contributed by atoms with Crippen molar-refractivity contribution in [3.63, 3.8) is 0 Å². The van der Waals surface area contributed by atoms with E-state index in [1.165, 1.54) is 12.8 Å². The van der Waals surface area contributed by atoms with Crippen LogP contribution in [0.3, 0.4) is 0 Å². The van der Waals surface area contributed by atoms with Gasteiger partial charge in [0.05, 0.1) is 0 Å². The standard InChI is InChI=1S/C14H24/c1-5-8-12-10-11(4)13(7-3)14(12)9-6-2/h5-6,8-9,11-14H,7,10H2,1-4H3/b8-5+,9-6+. The molecule has 80 valence electrons. The van der Waals surface area contributed by atoms with Crippen molar-refractivity contribution in [3.8, 4) is 0 Å². The minimum absolute atomic E-state index is 0.788. The summed E-state index contributed by atoms with van der Waals surface area (Å²) in [6.45, 7) is 9.02. The Hall–Kier alpha value is -0.520. The summed E-state index contributed by atoms with van der Waals surface area (Å²) in [4.78, 5) is 0. The van der Waals surface area contributed by atoms with Crippen molar-refractivity contribution < 1.29 is 0 Å². The fourth-order valence-electron chi connectivity index (χ4n) is 3.09. The maximum Gasteiger partial charge on any atom is -0.0140 e. The molecule has 0 saturated heterocycles. The molecule has 1 rings (SSSR count). The molecule has 1 aliphatic rings. The zero-order chi connectivity index (χ0) is 10.6. The summed E-state index contributed by atoms with van der Waals surface area (Å²) in [6.07, 6.45) is 12.0. The molecule has 0 nitrogen and oxygen atoms in total. The van der Waals surface area contributed by atoms with E-state index in [1.807, 2.05) is 0 Å². The summed E-state index contributed by atoms with van der Waals surface area (Å²) in [6, 6.07) is 0. The van der Waals surface area contributed by atoms with Gasteiger partial charge in [0.25, 0.3) is 0 Å². The lowest BCUT2D eigenvalue weighted by Crippen LogP contribution is -2.12. The Bertz CT molecular complexity index is 212. The maximum atomic E-state index is 2.42. The van der Waals surface area contributed by atoms with Crippen LogP contribution < -0.4 is 0 Å². The molecule has 0 radical (unpaired) electrons. The lowest BCUT2D eigenvalue weighted by atomic mass is 9.85. The number of hydrogen-bond acceptors (Lipinski definition) is 0. The van der Waals surface area contributed by atoms with E-state index in [0.717, 1.165) is 23.7 Å². The summed E-state index contributed by atoms with van der Waals surface area (Å²) in [5.41, 5.74) is 0. The van der Waals surface area contributed by atoms with Crippen LogP contribution in [0.25, 0.3) is 0 Å². The van der Waals surface area contributed by atoms with Crippen molar-refractivity contribution in [3.05, 3.63) is 24.3 Å². The topological polar surface area (TPSA) is 0 Å². The van der Waals surface area contributed by atoms with Crippen molar-refractivity contribution in [1.29, 1.82) is 0 Å². The van der Waals surface area contributed by atoms with Gasteiger partial charge in [0.2, 0.25) is 0 Å². The highest BCUT2D eigenvalue weighted by Gasteiger charge is 2.36. The summed E-state index contributed by atoms with van der Waals surface area (Å²) in [5.74, 6) is 3.36. The summed E-state index contributed by atoms with van der Waals surface area (Å²) >= 11 is 0. The number of hydrogen-bond donors (Lipinski definition) is 0. The fraction of sp³-hybridized carbons (Fsp3) is 0.714. The van der Waals surface area contributed by atoms with Crippen LogP contribution in [0, 0.1) is 23.7 Å². The normalized spacial score (nSPS) is 38.9. The highest BCUT2D eigenvalue weighted by Crippen LogP contribution is 2.44. The molecule has 0 spiro atoms. The molecule has 0 heterocycles. The minimum atomic E-state index is 0.788. The van der Waals surface area contributed by atoms with E-state index >= 15 is 0 Å². The predicted octanol–water partition coefficient (Wildman–Crippen LogP) is 4.44. The van der Waals surface area contributed by atoms with Gasteiger partial charge in [0.1, 0.15) is 0 Å². The van der Waals surface area contributed by atoms with Crippen LogP contribution in [0.4, 0.5) is 0 Å². The molecular formula is C14H24. The van der Waals surface area contributed by atoms with Crippen molar-refractivity contribution in [2.75, 3.05) is 0 Å². The van der Waals surface area contributed by atoms with Crippen LogP contribution in [0.15, 0.2) is 24.3 Å². The van der Waals surface area contributed by atoms with Gasteiger partial charge in [-0.1, -0.05) is 44.6 Å². The molecule has 0 aromatic heterocycles. The largest absolute Gasteiger partial charge is 0.0914 e. The van der Waals surface area contributed by atoms with Gasteiger partial charge in [-0.05, 0) is 43.9 Å². The molecule has 0 amide bonds. The van der Waals surface area contributed by atoms with Gasteiger partial charge >= 0.3 is 0 Å². The molecule has 0 aromatic carbocycles. The van der Waals surface area contributed by atoms with Crippen molar-refractivity contribution in [2.24, 2.45) is 23.7 Å². The Morgan fingerprint density at radius 1 is 1.14 bits per heavy atom. The molecule has 1 saturated carbocycles. The molecule has 14 heavy (non-hydrogen) atoms. The molecular weight excluding hydrogens is 168 g/mol. The zero-order valence-corrected chi connectivity index (χ0v) is 10.0. The van der Waals surface area contributed by atoms with E-state index in [2.05, 4.69) is 52.0 Å². The molecule has 1 fully saturated rings. The molecule has 0 bridgehead atoms. The van der Waals surface area contributed by atoms with E-state index in [9.17, 15) is 0 Å². The fourth-order valence-corrected chi connectivity index (χ4v) is 3.09. The van der Waals surface area contributed by atoms with Gasteiger partial charge in [-0.15, -0.1) is 0 Å². The number of allylic oxidation sites excluding steroid dienone is 4. The number of rotatable bonds is 3. The highest BCUT2D eigenvalue weighted by atomic mass is 14.4. The summed E-state index contributed by atoms with van der Waals surface area (Å²) in [5, 5.41) is 0. The van der Waals surface area contributed by atoms with Gasteiger partial charge in [-0.3, -0.25) is 0 Å². The Balaban J connectivity index is 2.78. The maximum absolute atomic E-state index is 2.42. The zero-order valence-electron chi connectivity index (χ0n) is 10.0. The molecule has 1 aliphatic carbocycles. The van der Waals surface area contributed by atoms with Gasteiger partial charge in [0, 0.05) is 0 Å². The monoisotopic (exact) mass is 192 g/mol. The van der Waals surface area contributed by atoms with Crippen molar-refractivity contribution in [2.45, 2.75) is 40.5 Å². The lowest BCUT2D eigenvalue weighted by Gasteiger charge is -2.20. The van der Waals surface area contributed by atoms with Gasteiger partial charge < -0.3 is 0 Å². The van der Waals surface area contributed by atoms with Crippen LogP contribution in [0.2, 0.25) is 0 Å². The summed E-state index contributed by atoms with van der Waals surface area (Å²) < 4.78 is 0. The first kappa shape index (κ1) is 11.6. The Labute approximate surface area is 89.1 Å². The molecule has 0 N–H and O–H groups in total. The third-order valence-electron chi connectivity index (χ3n) is 3.69. The third-order valence-corrected chi connectivity index (χ3v) is 3.69. The Kier molecular flexibility index (Phi) is 4.44. The smallest absolute Gasteiger partial charge is 0.0140 e. The average molecular weight is 192 g/mol. The molecule has 0 aliphatic heterocycles. The van der Waals surface area contributed by atoms with Crippen LogP contribution in [-0.2, 0) is 0 Å². The highest BCUT2D eigenvalue weighted by molar-refractivity contribution is 5.05. The molecule has 0 aromatic rings. The van der Waals surface area contributed by atoms with Crippen molar-refractivity contribution >= 4 is 0 Å². The molecule has 0 heteroatoms. The Morgan fingerprint density at radius 3 is 2.29 bits per heavy atom. The molecule has 4 atom stereocenters. The van der Waals surface area contributed by atoms with Gasteiger partial charge in [0.15, 0.2) is 0 Å². The SMILES string of the molecule is C/C=C/C1CC(C)C(CC)C1/C=C/C. The predicted molar refractivity (Wildman–Crippen MR) is 64.2 cm³/mol. The second-order valence-corrected chi connectivity index (χ2v) is 4.58. The quantitative estimate of drug-likeness (QED) is 0.580. The average Bonchev–Trinajstić information content (AvgIpc) is 2.44. The van der Waals surface area contributed by atoms with E-state index in [-0.39, 0.29) is 0 Å².